The zero-order chi connectivity index (χ0) is 17.5. The van der Waals surface area contributed by atoms with E-state index in [0.717, 1.165) is 11.3 Å². The predicted molar refractivity (Wildman–Crippen MR) is 85.9 cm³/mol. The molecule has 0 aliphatic rings. The molecule has 0 unspecified atom stereocenters. The van der Waals surface area contributed by atoms with Gasteiger partial charge in [0.15, 0.2) is 5.82 Å². The van der Waals surface area contributed by atoms with Crippen molar-refractivity contribution in [3.05, 3.63) is 46.6 Å². The van der Waals surface area contributed by atoms with E-state index in [1.54, 1.807) is 18.2 Å². The Morgan fingerprint density at radius 1 is 1.21 bits per heavy atom. The third-order valence-electron chi connectivity index (χ3n) is 3.59. The van der Waals surface area contributed by atoms with Crippen LogP contribution in [0.2, 0.25) is 0 Å². The first-order valence-corrected chi connectivity index (χ1v) is 7.65. The van der Waals surface area contributed by atoms with Gasteiger partial charge in [0.05, 0.1) is 5.69 Å². The van der Waals surface area contributed by atoms with Crippen molar-refractivity contribution >= 4 is 5.82 Å². The molecular weight excluding hydrogens is 314 g/mol. The van der Waals surface area contributed by atoms with Crippen LogP contribution in [0.1, 0.15) is 36.2 Å². The van der Waals surface area contributed by atoms with E-state index < -0.39 is 6.61 Å². The average Bonchev–Trinajstić information content (AvgIpc) is 2.59. The molecule has 5 nitrogen and oxygen atoms in total. The first-order valence-electron chi connectivity index (χ1n) is 7.65. The number of hydrogen-bond acceptors (Lipinski definition) is 5. The van der Waals surface area contributed by atoms with Gasteiger partial charge in [-0.15, -0.1) is 5.10 Å². The van der Waals surface area contributed by atoms with E-state index in [4.69, 9.17) is 0 Å². The molecule has 7 heteroatoms. The molecule has 0 spiro atoms. The van der Waals surface area contributed by atoms with Crippen LogP contribution in [0.5, 0.6) is 5.75 Å². The number of anilines is 1. The molecule has 24 heavy (non-hydrogen) atoms. The van der Waals surface area contributed by atoms with Gasteiger partial charge in [-0.25, -0.2) is 0 Å². The highest BCUT2D eigenvalue weighted by Crippen LogP contribution is 2.24. The highest BCUT2D eigenvalue weighted by Gasteiger charge is 2.15. The smallest absolute Gasteiger partial charge is 0.387 e. The van der Waals surface area contributed by atoms with Crippen molar-refractivity contribution in [2.75, 3.05) is 5.32 Å². The average molecular weight is 332 g/mol. The van der Waals surface area contributed by atoms with E-state index in [9.17, 15) is 14.0 Å². The van der Waals surface area contributed by atoms with Crippen LogP contribution in [0.4, 0.5) is 14.6 Å². The Balaban J connectivity index is 2.26. The summed E-state index contributed by atoms with van der Waals surface area (Å²) in [6.45, 7) is 1.21. The lowest BCUT2D eigenvalue weighted by atomic mass is 10.0. The first kappa shape index (κ1) is 17.6. The van der Waals surface area contributed by atoms with Gasteiger partial charge >= 0.3 is 6.61 Å². The van der Waals surface area contributed by atoms with E-state index in [1.807, 2.05) is 13.8 Å². The molecular formula is C17H18F2N4O. The second-order valence-corrected chi connectivity index (χ2v) is 5.01. The number of ether oxygens (including phenoxy) is 1. The van der Waals surface area contributed by atoms with Crippen molar-refractivity contribution < 1.29 is 13.5 Å². The molecule has 2 rings (SSSR count). The molecule has 0 atom stereocenters. The summed E-state index contributed by atoms with van der Waals surface area (Å²) in [7, 11) is 0. The topological polar surface area (TPSA) is 70.8 Å². The van der Waals surface area contributed by atoms with Gasteiger partial charge in [-0.3, -0.25) is 0 Å². The van der Waals surface area contributed by atoms with E-state index in [-0.39, 0.29) is 12.3 Å². The molecule has 1 aromatic carbocycles. The van der Waals surface area contributed by atoms with Crippen molar-refractivity contribution in [2.45, 2.75) is 39.8 Å². The number of aromatic nitrogens is 2. The first-order chi connectivity index (χ1) is 11.6. The Morgan fingerprint density at radius 2 is 1.96 bits per heavy atom. The fraction of sp³-hybridized carbons (Fsp3) is 0.353. The van der Waals surface area contributed by atoms with Crippen LogP contribution in [-0.4, -0.2) is 16.8 Å². The third-order valence-corrected chi connectivity index (χ3v) is 3.59. The standard InChI is InChI=1S/C17H18F2N4O/c1-3-12-13(9-20)16(23-22-14(12)4-2)21-10-11-7-5-6-8-15(11)24-17(18)19/h5-8,17H,3-4,10H2,1-2H3,(H,21,23). The number of benzene rings is 1. The number of para-hydroxylation sites is 1. The van der Waals surface area contributed by atoms with Crippen LogP contribution in [0.25, 0.3) is 0 Å². The molecule has 126 valence electrons. The highest BCUT2D eigenvalue weighted by atomic mass is 19.3. The largest absolute Gasteiger partial charge is 0.434 e. The Morgan fingerprint density at radius 3 is 2.58 bits per heavy atom. The lowest BCUT2D eigenvalue weighted by molar-refractivity contribution is -0.0504. The van der Waals surface area contributed by atoms with Crippen molar-refractivity contribution in [3.8, 4) is 11.8 Å². The van der Waals surface area contributed by atoms with Gasteiger partial charge < -0.3 is 10.1 Å². The van der Waals surface area contributed by atoms with Crippen LogP contribution in [-0.2, 0) is 19.4 Å². The minimum atomic E-state index is -2.89. The lowest BCUT2D eigenvalue weighted by Crippen LogP contribution is -2.11. The second-order valence-electron chi connectivity index (χ2n) is 5.01. The normalized spacial score (nSPS) is 10.5. The molecule has 2 aromatic rings. The number of rotatable bonds is 7. The summed E-state index contributed by atoms with van der Waals surface area (Å²) in [5.41, 5.74) is 2.63. The Labute approximate surface area is 139 Å². The van der Waals surface area contributed by atoms with Gasteiger partial charge in [0.1, 0.15) is 17.4 Å². The summed E-state index contributed by atoms with van der Waals surface area (Å²) >= 11 is 0. The molecule has 1 heterocycles. The summed E-state index contributed by atoms with van der Waals surface area (Å²) < 4.78 is 29.4. The minimum absolute atomic E-state index is 0.0901. The van der Waals surface area contributed by atoms with Gasteiger partial charge in [0.2, 0.25) is 0 Å². The van der Waals surface area contributed by atoms with Gasteiger partial charge in [-0.1, -0.05) is 32.0 Å². The molecule has 0 aliphatic heterocycles. The van der Waals surface area contributed by atoms with Crippen LogP contribution < -0.4 is 10.1 Å². The quantitative estimate of drug-likeness (QED) is 0.837. The third kappa shape index (κ3) is 3.96. The number of halogens is 2. The Hall–Kier alpha value is -2.75. The summed E-state index contributed by atoms with van der Waals surface area (Å²) in [4.78, 5) is 0. The second kappa shape index (κ2) is 8.20. The molecule has 0 bridgehead atoms. The summed E-state index contributed by atoms with van der Waals surface area (Å²) in [6, 6.07) is 8.64. The van der Waals surface area contributed by atoms with Crippen LogP contribution in [0.3, 0.4) is 0 Å². The maximum Gasteiger partial charge on any atom is 0.387 e. The van der Waals surface area contributed by atoms with Gasteiger partial charge in [0.25, 0.3) is 0 Å². The maximum absolute atomic E-state index is 12.5. The zero-order valence-corrected chi connectivity index (χ0v) is 13.5. The number of nitriles is 1. The lowest BCUT2D eigenvalue weighted by Gasteiger charge is -2.14. The molecule has 0 radical (unpaired) electrons. The number of nitrogens with one attached hydrogen (secondary N) is 1. The molecule has 0 aliphatic carbocycles. The number of nitrogens with zero attached hydrogens (tertiary/aromatic N) is 3. The van der Waals surface area contributed by atoms with Crippen molar-refractivity contribution in [1.29, 1.82) is 5.26 Å². The number of hydrogen-bond donors (Lipinski definition) is 1. The number of alkyl halides is 2. The molecule has 0 fully saturated rings. The molecule has 0 saturated carbocycles. The van der Waals surface area contributed by atoms with Crippen molar-refractivity contribution in [2.24, 2.45) is 0 Å². The SMILES string of the molecule is CCc1nnc(NCc2ccccc2OC(F)F)c(C#N)c1CC. The van der Waals surface area contributed by atoms with Crippen molar-refractivity contribution in [3.63, 3.8) is 0 Å². The fourth-order valence-electron chi connectivity index (χ4n) is 2.46. The van der Waals surface area contributed by atoms with Crippen LogP contribution >= 0.6 is 0 Å². The summed E-state index contributed by atoms with van der Waals surface area (Å²) in [5, 5.41) is 20.6. The van der Waals surface area contributed by atoms with E-state index >= 15 is 0 Å². The monoisotopic (exact) mass is 332 g/mol. The Kier molecular flexibility index (Phi) is 6.01. The van der Waals surface area contributed by atoms with Gasteiger partial charge in [0, 0.05) is 12.1 Å². The summed E-state index contributed by atoms with van der Waals surface area (Å²) in [6.07, 6.45) is 1.36. The van der Waals surface area contributed by atoms with Crippen LogP contribution in [0.15, 0.2) is 24.3 Å². The zero-order valence-electron chi connectivity index (χ0n) is 13.5. The van der Waals surface area contributed by atoms with Crippen LogP contribution in [0, 0.1) is 11.3 Å². The van der Waals surface area contributed by atoms with Crippen molar-refractivity contribution in [1.82, 2.24) is 10.2 Å². The van der Waals surface area contributed by atoms with E-state index in [0.29, 0.717) is 29.8 Å². The fourth-order valence-corrected chi connectivity index (χ4v) is 2.46. The van der Waals surface area contributed by atoms with E-state index in [1.165, 1.54) is 6.07 Å². The molecule has 0 amide bonds. The Bertz CT molecular complexity index is 744. The van der Waals surface area contributed by atoms with Gasteiger partial charge in [-0.2, -0.15) is 19.1 Å². The molecule has 0 saturated heterocycles. The number of aryl methyl sites for hydroxylation is 1. The van der Waals surface area contributed by atoms with E-state index in [2.05, 4.69) is 26.3 Å². The molecule has 1 aromatic heterocycles. The predicted octanol–water partition coefficient (Wildman–Crippen LogP) is 3.69. The van der Waals surface area contributed by atoms with Gasteiger partial charge in [-0.05, 0) is 24.5 Å². The maximum atomic E-state index is 12.5. The summed E-state index contributed by atoms with van der Waals surface area (Å²) in [5.74, 6) is 0.436. The molecule has 1 N–H and O–H groups in total. The minimum Gasteiger partial charge on any atom is -0.434 e. The highest BCUT2D eigenvalue weighted by molar-refractivity contribution is 5.57.